The van der Waals surface area contributed by atoms with Gasteiger partial charge in [0.1, 0.15) is 0 Å². The largest absolute Gasteiger partial charge is 0.241 e. The Balaban J connectivity index is 1.98. The lowest BCUT2D eigenvalue weighted by molar-refractivity contribution is 0.0528. The highest BCUT2D eigenvalue weighted by Crippen LogP contribution is 2.37. The SMILES string of the molecule is N#Cc1ccc([C@H]2CC[C@H](C(F)F)CC2)cc1. The third kappa shape index (κ3) is 2.82. The number of rotatable bonds is 2. The van der Waals surface area contributed by atoms with Crippen molar-refractivity contribution in [3.05, 3.63) is 35.4 Å². The zero-order valence-electron chi connectivity index (χ0n) is 9.57. The molecule has 90 valence electrons. The van der Waals surface area contributed by atoms with Crippen LogP contribution < -0.4 is 0 Å². The van der Waals surface area contributed by atoms with Crippen LogP contribution in [0, 0.1) is 17.2 Å². The summed E-state index contributed by atoms with van der Waals surface area (Å²) in [5.41, 5.74) is 1.83. The molecule has 0 heterocycles. The van der Waals surface area contributed by atoms with Crippen molar-refractivity contribution in [2.45, 2.75) is 38.0 Å². The van der Waals surface area contributed by atoms with Gasteiger partial charge >= 0.3 is 0 Å². The van der Waals surface area contributed by atoms with Crippen LogP contribution >= 0.6 is 0 Å². The predicted molar refractivity (Wildman–Crippen MR) is 61.9 cm³/mol. The maximum atomic E-state index is 12.5. The van der Waals surface area contributed by atoms with E-state index in [1.165, 1.54) is 5.56 Å². The van der Waals surface area contributed by atoms with Gasteiger partial charge in [0.05, 0.1) is 11.6 Å². The number of hydrogen-bond donors (Lipinski definition) is 0. The number of halogens is 2. The van der Waals surface area contributed by atoms with E-state index in [0.29, 0.717) is 24.3 Å². The number of nitrogens with zero attached hydrogens (tertiary/aromatic N) is 1. The average Bonchev–Trinajstić information content (AvgIpc) is 2.39. The summed E-state index contributed by atoms with van der Waals surface area (Å²) in [6.07, 6.45) is 0.726. The van der Waals surface area contributed by atoms with Crippen molar-refractivity contribution in [2.24, 2.45) is 5.92 Å². The Hall–Kier alpha value is -1.43. The smallest absolute Gasteiger partial charge is 0.210 e. The third-order valence-corrected chi connectivity index (χ3v) is 3.64. The molecule has 0 spiro atoms. The molecule has 0 bridgehead atoms. The maximum absolute atomic E-state index is 12.5. The summed E-state index contributed by atoms with van der Waals surface area (Å²) in [7, 11) is 0. The Morgan fingerprint density at radius 2 is 1.65 bits per heavy atom. The monoisotopic (exact) mass is 235 g/mol. The first-order chi connectivity index (χ1) is 8.20. The molecule has 0 amide bonds. The van der Waals surface area contributed by atoms with E-state index in [1.54, 1.807) is 12.1 Å². The molecule has 1 fully saturated rings. The molecule has 1 aromatic rings. The Bertz CT molecular complexity index is 397. The molecule has 1 aliphatic rings. The summed E-state index contributed by atoms with van der Waals surface area (Å²) >= 11 is 0. The Kier molecular flexibility index (Phi) is 3.73. The first-order valence-corrected chi connectivity index (χ1v) is 5.99. The molecule has 0 saturated heterocycles. The summed E-state index contributed by atoms with van der Waals surface area (Å²) in [5.74, 6) is -0.0256. The second-order valence-electron chi connectivity index (χ2n) is 4.68. The van der Waals surface area contributed by atoms with Gasteiger partial charge in [-0.3, -0.25) is 0 Å². The van der Waals surface area contributed by atoms with Crippen LogP contribution in [-0.2, 0) is 0 Å². The van der Waals surface area contributed by atoms with Crippen LogP contribution in [0.4, 0.5) is 8.78 Å². The summed E-state index contributed by atoms with van der Waals surface area (Å²) in [6.45, 7) is 0. The van der Waals surface area contributed by atoms with Gasteiger partial charge in [0.15, 0.2) is 0 Å². The second-order valence-corrected chi connectivity index (χ2v) is 4.68. The molecule has 0 aliphatic heterocycles. The van der Waals surface area contributed by atoms with E-state index in [9.17, 15) is 8.78 Å². The van der Waals surface area contributed by atoms with E-state index in [0.717, 1.165) is 12.8 Å². The van der Waals surface area contributed by atoms with E-state index in [-0.39, 0.29) is 0 Å². The fraction of sp³-hybridized carbons (Fsp3) is 0.500. The number of alkyl halides is 2. The van der Waals surface area contributed by atoms with Crippen molar-refractivity contribution in [2.75, 3.05) is 0 Å². The molecule has 1 aromatic carbocycles. The van der Waals surface area contributed by atoms with Gasteiger partial charge in [0, 0.05) is 5.92 Å². The van der Waals surface area contributed by atoms with Gasteiger partial charge in [-0.25, -0.2) is 8.78 Å². The molecular formula is C14H15F2N. The van der Waals surface area contributed by atoms with Gasteiger partial charge in [-0.05, 0) is 49.3 Å². The summed E-state index contributed by atoms with van der Waals surface area (Å²) in [6, 6.07) is 9.58. The van der Waals surface area contributed by atoms with Crippen molar-refractivity contribution < 1.29 is 8.78 Å². The van der Waals surface area contributed by atoms with Gasteiger partial charge in [-0.2, -0.15) is 5.26 Å². The van der Waals surface area contributed by atoms with Crippen molar-refractivity contribution in [1.29, 1.82) is 5.26 Å². The number of benzene rings is 1. The molecule has 1 saturated carbocycles. The minimum Gasteiger partial charge on any atom is -0.210 e. The van der Waals surface area contributed by atoms with Crippen LogP contribution in [0.3, 0.4) is 0 Å². The molecule has 0 radical (unpaired) electrons. The topological polar surface area (TPSA) is 23.8 Å². The zero-order chi connectivity index (χ0) is 12.3. The Labute approximate surface area is 100 Å². The molecule has 3 heteroatoms. The predicted octanol–water partition coefficient (Wildman–Crippen LogP) is 4.10. The Morgan fingerprint density at radius 1 is 1.06 bits per heavy atom. The highest BCUT2D eigenvalue weighted by Gasteiger charge is 2.27. The standard InChI is InChI=1S/C14H15F2N/c15-14(16)13-7-5-12(6-8-13)11-3-1-10(9-17)2-4-11/h1-4,12-14H,5-8H2/t12-,13-. The van der Waals surface area contributed by atoms with Gasteiger partial charge < -0.3 is 0 Å². The van der Waals surface area contributed by atoms with E-state index in [4.69, 9.17) is 5.26 Å². The van der Waals surface area contributed by atoms with Crippen molar-refractivity contribution in [3.8, 4) is 6.07 Å². The van der Waals surface area contributed by atoms with Crippen LogP contribution in [0.25, 0.3) is 0 Å². The lowest BCUT2D eigenvalue weighted by atomic mass is 9.79. The minimum absolute atomic E-state index is 0.387. The van der Waals surface area contributed by atoms with Gasteiger partial charge in [-0.15, -0.1) is 0 Å². The summed E-state index contributed by atoms with van der Waals surface area (Å²) < 4.78 is 25.0. The van der Waals surface area contributed by atoms with E-state index in [2.05, 4.69) is 6.07 Å². The fourth-order valence-electron chi connectivity index (χ4n) is 2.53. The van der Waals surface area contributed by atoms with Gasteiger partial charge in [0.2, 0.25) is 6.43 Å². The number of nitriles is 1. The minimum atomic E-state index is -2.17. The van der Waals surface area contributed by atoms with Crippen molar-refractivity contribution >= 4 is 0 Å². The lowest BCUT2D eigenvalue weighted by Gasteiger charge is -2.28. The van der Waals surface area contributed by atoms with Crippen LogP contribution in [-0.4, -0.2) is 6.43 Å². The van der Waals surface area contributed by atoms with E-state index in [1.807, 2.05) is 12.1 Å². The molecule has 1 aliphatic carbocycles. The van der Waals surface area contributed by atoms with E-state index >= 15 is 0 Å². The molecule has 0 N–H and O–H groups in total. The Morgan fingerprint density at radius 3 is 2.12 bits per heavy atom. The average molecular weight is 235 g/mol. The van der Waals surface area contributed by atoms with E-state index < -0.39 is 12.3 Å². The van der Waals surface area contributed by atoms with Crippen molar-refractivity contribution in [1.82, 2.24) is 0 Å². The van der Waals surface area contributed by atoms with Crippen LogP contribution in [0.15, 0.2) is 24.3 Å². The van der Waals surface area contributed by atoms with Gasteiger partial charge in [0.25, 0.3) is 0 Å². The third-order valence-electron chi connectivity index (χ3n) is 3.64. The van der Waals surface area contributed by atoms with Crippen molar-refractivity contribution in [3.63, 3.8) is 0 Å². The quantitative estimate of drug-likeness (QED) is 0.757. The molecule has 0 atom stereocenters. The molecule has 0 aromatic heterocycles. The first-order valence-electron chi connectivity index (χ1n) is 5.99. The van der Waals surface area contributed by atoms with Crippen LogP contribution in [0.1, 0.15) is 42.7 Å². The summed E-state index contributed by atoms with van der Waals surface area (Å²) in [4.78, 5) is 0. The molecule has 17 heavy (non-hydrogen) atoms. The maximum Gasteiger partial charge on any atom is 0.241 e. The highest BCUT2D eigenvalue weighted by atomic mass is 19.3. The molecular weight excluding hydrogens is 220 g/mol. The normalized spacial score (nSPS) is 24.6. The second kappa shape index (κ2) is 5.27. The highest BCUT2D eigenvalue weighted by molar-refractivity contribution is 5.33. The van der Waals surface area contributed by atoms with Gasteiger partial charge in [-0.1, -0.05) is 12.1 Å². The molecule has 1 nitrogen and oxygen atoms in total. The van der Waals surface area contributed by atoms with Crippen LogP contribution in [0.2, 0.25) is 0 Å². The number of hydrogen-bond acceptors (Lipinski definition) is 1. The first kappa shape index (κ1) is 12.0. The fourth-order valence-corrected chi connectivity index (χ4v) is 2.53. The molecule has 0 unspecified atom stereocenters. The zero-order valence-corrected chi connectivity index (χ0v) is 9.57. The molecule has 2 rings (SSSR count). The lowest BCUT2D eigenvalue weighted by Crippen LogP contribution is -2.19. The summed E-state index contributed by atoms with van der Waals surface area (Å²) in [5, 5.41) is 8.70. The van der Waals surface area contributed by atoms with Crippen LogP contribution in [0.5, 0.6) is 0 Å².